The second kappa shape index (κ2) is 5.49. The van der Waals surface area contributed by atoms with Gasteiger partial charge in [-0.25, -0.2) is 0 Å². The van der Waals surface area contributed by atoms with Crippen LogP contribution in [-0.2, 0) is 13.1 Å². The van der Waals surface area contributed by atoms with Crippen LogP contribution in [0.3, 0.4) is 0 Å². The van der Waals surface area contributed by atoms with Crippen LogP contribution in [0, 0.1) is 0 Å². The van der Waals surface area contributed by atoms with Crippen molar-refractivity contribution in [1.29, 1.82) is 0 Å². The Hall–Kier alpha value is -1.48. The fourth-order valence-corrected chi connectivity index (χ4v) is 2.75. The first-order chi connectivity index (χ1) is 9.69. The van der Waals surface area contributed by atoms with Crippen LogP contribution in [0.2, 0.25) is 10.0 Å². The minimum absolute atomic E-state index is 0.557. The van der Waals surface area contributed by atoms with E-state index in [1.807, 2.05) is 12.1 Å². The lowest BCUT2D eigenvalue weighted by atomic mass is 10.1. The molecule has 3 aromatic rings. The molecule has 0 fully saturated rings. The Kier molecular flexibility index (Phi) is 3.70. The maximum Gasteiger partial charge on any atom is 0.0642 e. The molecule has 4 heteroatoms. The summed E-state index contributed by atoms with van der Waals surface area (Å²) in [6.45, 7) is 1.26. The van der Waals surface area contributed by atoms with E-state index >= 15 is 0 Å². The molecule has 102 valence electrons. The number of rotatable bonds is 3. The third-order valence-corrected chi connectivity index (χ3v) is 4.30. The highest BCUT2D eigenvalue weighted by Gasteiger charge is 2.07. The molecule has 0 bridgehead atoms. The highest BCUT2D eigenvalue weighted by molar-refractivity contribution is 6.42. The monoisotopic (exact) mass is 304 g/mol. The zero-order valence-corrected chi connectivity index (χ0v) is 12.3. The van der Waals surface area contributed by atoms with Crippen LogP contribution in [0.1, 0.15) is 11.1 Å². The van der Waals surface area contributed by atoms with E-state index in [9.17, 15) is 0 Å². The van der Waals surface area contributed by atoms with Crippen LogP contribution in [0.15, 0.2) is 48.7 Å². The molecule has 0 aliphatic rings. The zero-order chi connectivity index (χ0) is 14.1. The molecule has 0 radical (unpaired) electrons. The molecule has 3 rings (SSSR count). The maximum atomic E-state index is 6.25. The molecule has 1 aromatic heterocycles. The number of halogens is 2. The molecule has 0 unspecified atom stereocenters. The van der Waals surface area contributed by atoms with Crippen molar-refractivity contribution < 1.29 is 0 Å². The van der Waals surface area contributed by atoms with E-state index in [1.165, 1.54) is 10.9 Å². The van der Waals surface area contributed by atoms with Crippen molar-refractivity contribution >= 4 is 34.1 Å². The highest BCUT2D eigenvalue weighted by atomic mass is 35.5. The first kappa shape index (κ1) is 13.5. The van der Waals surface area contributed by atoms with Gasteiger partial charge < -0.3 is 10.3 Å². The summed E-state index contributed by atoms with van der Waals surface area (Å²) >= 11 is 12.3. The van der Waals surface area contributed by atoms with Gasteiger partial charge in [-0.15, -0.1) is 0 Å². The topological polar surface area (TPSA) is 30.9 Å². The molecule has 1 heterocycles. The molecule has 20 heavy (non-hydrogen) atoms. The highest BCUT2D eigenvalue weighted by Crippen LogP contribution is 2.27. The van der Waals surface area contributed by atoms with Crippen molar-refractivity contribution in [2.45, 2.75) is 13.1 Å². The fraction of sp³-hybridized carbons (Fsp3) is 0.125. The summed E-state index contributed by atoms with van der Waals surface area (Å²) in [4.78, 5) is 0. The maximum absolute atomic E-state index is 6.25. The molecule has 0 aliphatic heterocycles. The third kappa shape index (κ3) is 2.42. The van der Waals surface area contributed by atoms with Gasteiger partial charge in [0.25, 0.3) is 0 Å². The molecule has 0 atom stereocenters. The second-order valence-corrected chi connectivity index (χ2v) is 5.54. The summed E-state index contributed by atoms with van der Waals surface area (Å²) in [5.74, 6) is 0. The lowest BCUT2D eigenvalue weighted by Gasteiger charge is -2.09. The fourth-order valence-electron chi connectivity index (χ4n) is 2.37. The van der Waals surface area contributed by atoms with E-state index in [1.54, 1.807) is 6.07 Å². The van der Waals surface area contributed by atoms with Crippen molar-refractivity contribution in [3.8, 4) is 0 Å². The summed E-state index contributed by atoms with van der Waals surface area (Å²) in [5, 5.41) is 2.40. The second-order valence-electron chi connectivity index (χ2n) is 4.75. The van der Waals surface area contributed by atoms with Crippen molar-refractivity contribution in [3.63, 3.8) is 0 Å². The van der Waals surface area contributed by atoms with E-state index < -0.39 is 0 Å². The number of nitrogens with zero attached hydrogens (tertiary/aromatic N) is 1. The first-order valence-corrected chi connectivity index (χ1v) is 7.15. The molecular weight excluding hydrogens is 291 g/mol. The Balaban J connectivity index is 2.01. The van der Waals surface area contributed by atoms with Gasteiger partial charge in [0.1, 0.15) is 0 Å². The van der Waals surface area contributed by atoms with Crippen LogP contribution in [-0.4, -0.2) is 4.57 Å². The predicted molar refractivity (Wildman–Crippen MR) is 85.4 cm³/mol. The molecule has 2 N–H and O–H groups in total. The van der Waals surface area contributed by atoms with Gasteiger partial charge in [-0.3, -0.25) is 0 Å². The van der Waals surface area contributed by atoms with Crippen LogP contribution in [0.25, 0.3) is 10.9 Å². The number of aromatic nitrogens is 1. The van der Waals surface area contributed by atoms with E-state index in [0.717, 1.165) is 11.1 Å². The standard InChI is InChI=1S/C16H14Cl2N2/c17-14-3-1-2-13(16(14)18)10-20-7-6-12-8-11(9-19)4-5-15(12)20/h1-8H,9-10,19H2. The number of hydrogen-bond donors (Lipinski definition) is 1. The Morgan fingerprint density at radius 1 is 1.05 bits per heavy atom. The van der Waals surface area contributed by atoms with Crippen molar-refractivity contribution in [3.05, 3.63) is 69.8 Å². The van der Waals surface area contributed by atoms with Gasteiger partial charge in [-0.2, -0.15) is 0 Å². The molecule has 0 saturated heterocycles. The number of fused-ring (bicyclic) bond motifs is 1. The molecule has 0 spiro atoms. The molecule has 0 amide bonds. The van der Waals surface area contributed by atoms with Gasteiger partial charge in [-0.1, -0.05) is 41.4 Å². The van der Waals surface area contributed by atoms with Gasteiger partial charge >= 0.3 is 0 Å². The summed E-state index contributed by atoms with van der Waals surface area (Å²) in [5.41, 5.74) is 8.98. The average molecular weight is 305 g/mol. The minimum Gasteiger partial charge on any atom is -0.343 e. The molecule has 2 nitrogen and oxygen atoms in total. The number of nitrogens with two attached hydrogens (primary N) is 1. The summed E-state index contributed by atoms with van der Waals surface area (Å²) in [6, 6.07) is 14.1. The third-order valence-electron chi connectivity index (χ3n) is 3.44. The zero-order valence-electron chi connectivity index (χ0n) is 10.8. The molecule has 0 saturated carbocycles. The van der Waals surface area contributed by atoms with Gasteiger partial charge in [0.05, 0.1) is 10.0 Å². The van der Waals surface area contributed by atoms with Gasteiger partial charge in [0.2, 0.25) is 0 Å². The summed E-state index contributed by atoms with van der Waals surface area (Å²) in [6.07, 6.45) is 2.06. The van der Waals surface area contributed by atoms with Gasteiger partial charge in [0, 0.05) is 24.8 Å². The minimum atomic E-state index is 0.557. The van der Waals surface area contributed by atoms with Crippen molar-refractivity contribution in [1.82, 2.24) is 4.57 Å². The lowest BCUT2D eigenvalue weighted by molar-refractivity contribution is 0.837. The summed E-state index contributed by atoms with van der Waals surface area (Å²) in [7, 11) is 0. The SMILES string of the molecule is NCc1ccc2c(ccn2Cc2cccc(Cl)c2Cl)c1. The van der Waals surface area contributed by atoms with Crippen LogP contribution in [0.5, 0.6) is 0 Å². The van der Waals surface area contributed by atoms with E-state index in [-0.39, 0.29) is 0 Å². The predicted octanol–water partition coefficient (Wildman–Crippen LogP) is 4.46. The average Bonchev–Trinajstić information content (AvgIpc) is 2.86. The van der Waals surface area contributed by atoms with Gasteiger partial charge in [-0.05, 0) is 40.8 Å². The lowest BCUT2D eigenvalue weighted by Crippen LogP contribution is -1.99. The molecule has 0 aliphatic carbocycles. The van der Waals surface area contributed by atoms with Gasteiger partial charge in [0.15, 0.2) is 0 Å². The quantitative estimate of drug-likeness (QED) is 0.761. The smallest absolute Gasteiger partial charge is 0.0642 e. The van der Waals surface area contributed by atoms with E-state index in [0.29, 0.717) is 23.1 Å². The van der Waals surface area contributed by atoms with Crippen molar-refractivity contribution in [2.75, 3.05) is 0 Å². The van der Waals surface area contributed by atoms with Crippen molar-refractivity contribution in [2.24, 2.45) is 5.73 Å². The Bertz CT molecular complexity index is 762. The van der Waals surface area contributed by atoms with E-state index in [2.05, 4.69) is 35.0 Å². The normalized spacial score (nSPS) is 11.2. The molecule has 2 aromatic carbocycles. The Morgan fingerprint density at radius 2 is 1.90 bits per heavy atom. The van der Waals surface area contributed by atoms with E-state index in [4.69, 9.17) is 28.9 Å². The Morgan fingerprint density at radius 3 is 2.70 bits per heavy atom. The number of benzene rings is 2. The Labute approximate surface area is 127 Å². The van der Waals surface area contributed by atoms with Crippen LogP contribution < -0.4 is 5.73 Å². The number of hydrogen-bond acceptors (Lipinski definition) is 1. The summed E-state index contributed by atoms with van der Waals surface area (Å²) < 4.78 is 2.16. The van der Waals surface area contributed by atoms with Crippen LogP contribution in [0.4, 0.5) is 0 Å². The van der Waals surface area contributed by atoms with Crippen LogP contribution >= 0.6 is 23.2 Å². The largest absolute Gasteiger partial charge is 0.343 e. The molecular formula is C16H14Cl2N2. The first-order valence-electron chi connectivity index (χ1n) is 6.40.